The van der Waals surface area contributed by atoms with Crippen LogP contribution in [0.25, 0.3) is 22.6 Å². The molecule has 4 aromatic rings. The lowest BCUT2D eigenvalue weighted by Gasteiger charge is -2.35. The molecule has 0 saturated carbocycles. The molecular formula is C65H90N10O21S. The minimum absolute atomic E-state index is 0.00849. The van der Waals surface area contributed by atoms with E-state index in [2.05, 4.69) is 59.9 Å². The van der Waals surface area contributed by atoms with Crippen molar-refractivity contribution in [3.05, 3.63) is 83.9 Å². The highest BCUT2D eigenvalue weighted by atomic mass is 32.2. The van der Waals surface area contributed by atoms with Crippen molar-refractivity contribution in [1.82, 2.24) is 46.4 Å². The van der Waals surface area contributed by atoms with Crippen molar-refractivity contribution in [1.29, 1.82) is 0 Å². The van der Waals surface area contributed by atoms with Gasteiger partial charge in [0, 0.05) is 80.7 Å². The van der Waals surface area contributed by atoms with Crippen LogP contribution in [0.3, 0.4) is 0 Å². The number of ether oxygens (including phenoxy) is 2. The standard InChI is InChI=1S/C65H90N10O21S/c1-35-31-75-57(58(35)82)63(87)67-30-43(77)27-47(68-59(83)42-14-12-40(13-15-42)46-29-52(93-72-46)41-16-18-45(19-17-41)91-24-10-8-6-5-7-9-23-73-32-36(2)92-37(3)33-73)60(84)69-54(38(4)76)64(88)74-34-44(78)28-48(74)61(85)70-55(62(86)71-56(65(75)89)50(80)21-22-66)51(81)25-39-11-20-49(79)53(26-39)94-97-96-95-90/h11-20,26,29,35-38,43-44,47-48,50-51,54-58,76-82,90H,5-10,21-25,27-28,30-34,66H2,1-4H3,(H,67,87)(H,68,83)(H,69,84)(H,70,85)(H,71,86)/t35-,36-,37+,38+,43+,44+,47+,48+,50-,51-,54+,55+,56+,57+,58+/m1/s1. The summed E-state index contributed by atoms with van der Waals surface area (Å²) in [4.78, 5) is 106. The molecule has 4 aliphatic heterocycles. The molecule has 0 radical (unpaired) electrons. The summed E-state index contributed by atoms with van der Waals surface area (Å²) in [5.74, 6) is -8.18. The summed E-state index contributed by atoms with van der Waals surface area (Å²) < 4.78 is 26.9. The topological polar surface area (TPSA) is 449 Å². The van der Waals surface area contributed by atoms with Crippen LogP contribution in [-0.2, 0) is 49.3 Å². The number of rotatable bonds is 25. The quantitative estimate of drug-likeness (QED) is 0.0182. The van der Waals surface area contributed by atoms with Crippen molar-refractivity contribution in [3.8, 4) is 39.8 Å². The second-order valence-corrected chi connectivity index (χ2v) is 25.8. The van der Waals surface area contributed by atoms with Crippen molar-refractivity contribution in [2.24, 2.45) is 11.7 Å². The van der Waals surface area contributed by atoms with E-state index < -0.39 is 158 Å². The predicted octanol–water partition coefficient (Wildman–Crippen LogP) is 0.203. The number of carbonyl (C=O) groups is 7. The number of hydrogen-bond acceptors (Lipinski definition) is 25. The second-order valence-electron chi connectivity index (χ2n) is 25.3. The highest BCUT2D eigenvalue weighted by Gasteiger charge is 2.50. The van der Waals surface area contributed by atoms with Gasteiger partial charge in [-0.15, -0.1) is 0 Å². The Morgan fingerprint density at radius 3 is 2.09 bits per heavy atom. The number of morpholine rings is 1. The third-order valence-electron chi connectivity index (χ3n) is 17.6. The molecule has 4 aliphatic rings. The zero-order valence-corrected chi connectivity index (χ0v) is 55.3. The third kappa shape index (κ3) is 20.5. The van der Waals surface area contributed by atoms with Gasteiger partial charge in [-0.2, -0.15) is 0 Å². The van der Waals surface area contributed by atoms with Gasteiger partial charge in [-0.3, -0.25) is 38.5 Å². The van der Waals surface area contributed by atoms with Crippen LogP contribution in [0.1, 0.15) is 101 Å². The van der Waals surface area contributed by atoms with E-state index in [0.29, 0.717) is 29.4 Å². The van der Waals surface area contributed by atoms with Crippen molar-refractivity contribution < 1.29 is 102 Å². The summed E-state index contributed by atoms with van der Waals surface area (Å²) in [5.41, 5.74) is 7.64. The summed E-state index contributed by atoms with van der Waals surface area (Å²) in [6, 6.07) is 7.59. The van der Waals surface area contributed by atoms with Crippen LogP contribution >= 0.6 is 12.3 Å². The lowest BCUT2D eigenvalue weighted by atomic mass is 9.98. The molecule has 0 bridgehead atoms. The summed E-state index contributed by atoms with van der Waals surface area (Å²) in [5, 5.41) is 107. The van der Waals surface area contributed by atoms with E-state index in [0.717, 1.165) is 67.3 Å². The summed E-state index contributed by atoms with van der Waals surface area (Å²) in [6.07, 6.45) is -4.97. The molecule has 97 heavy (non-hydrogen) atoms. The van der Waals surface area contributed by atoms with Crippen LogP contribution in [0.15, 0.2) is 77.3 Å². The maximum absolute atomic E-state index is 14.7. The number of aliphatic hydroxyl groups is 6. The molecule has 0 unspecified atom stereocenters. The molecule has 5 heterocycles. The van der Waals surface area contributed by atoms with E-state index in [9.17, 15) is 69.3 Å². The lowest BCUT2D eigenvalue weighted by Crippen LogP contribution is -2.64. The fourth-order valence-electron chi connectivity index (χ4n) is 12.5. The number of amides is 7. The number of phenols is 1. The Bertz CT molecular complexity index is 3270. The number of phenolic OH excluding ortho intramolecular Hbond substituents is 1. The van der Waals surface area contributed by atoms with Gasteiger partial charge in [-0.25, -0.2) is 5.26 Å². The smallest absolute Gasteiger partial charge is 0.261 e. The van der Waals surface area contributed by atoms with Crippen molar-refractivity contribution in [3.63, 3.8) is 0 Å². The Balaban J connectivity index is 0.973. The van der Waals surface area contributed by atoms with E-state index in [-0.39, 0.29) is 60.9 Å². The number of aromatic nitrogens is 1. The lowest BCUT2D eigenvalue weighted by molar-refractivity contribution is -0.433. The van der Waals surface area contributed by atoms with Crippen LogP contribution in [0.4, 0.5) is 0 Å². The number of nitrogens with two attached hydrogens (primary N) is 1. The number of aromatic hydroxyl groups is 1. The molecule has 1 aromatic heterocycles. The van der Waals surface area contributed by atoms with E-state index >= 15 is 0 Å². The number of fused-ring (bicyclic) bond motifs is 2. The first-order valence-corrected chi connectivity index (χ1v) is 33.3. The van der Waals surface area contributed by atoms with Crippen molar-refractivity contribution in [2.75, 3.05) is 52.4 Å². The Hall–Kier alpha value is -7.57. The van der Waals surface area contributed by atoms with Crippen molar-refractivity contribution >= 4 is 53.7 Å². The number of nitrogens with one attached hydrogen (secondary N) is 5. The normalized spacial score (nSPS) is 26.7. The molecule has 32 heteroatoms. The van der Waals surface area contributed by atoms with Crippen LogP contribution < -0.4 is 41.2 Å². The number of carbonyl (C=O) groups excluding carboxylic acids is 7. The van der Waals surface area contributed by atoms with E-state index in [1.165, 1.54) is 50.5 Å². The monoisotopic (exact) mass is 1380 g/mol. The number of β-amino-alcohol motifs (C(OH)–C–C–N with tert-alkyl or cyclic N) is 1. The Morgan fingerprint density at radius 1 is 0.742 bits per heavy atom. The van der Waals surface area contributed by atoms with E-state index in [1.54, 1.807) is 18.2 Å². The molecule has 4 saturated heterocycles. The van der Waals surface area contributed by atoms with Gasteiger partial charge >= 0.3 is 0 Å². The molecule has 15 atom stereocenters. The Labute approximate surface area is 564 Å². The van der Waals surface area contributed by atoms with Crippen LogP contribution in [0, 0.1) is 5.92 Å². The number of unbranched alkanes of at least 4 members (excludes halogenated alkanes) is 5. The van der Waals surface area contributed by atoms with Crippen LogP contribution in [0.5, 0.6) is 17.2 Å². The highest BCUT2D eigenvalue weighted by molar-refractivity contribution is 7.90. The molecule has 0 spiro atoms. The van der Waals surface area contributed by atoms with Gasteiger partial charge in [0.2, 0.25) is 35.4 Å². The van der Waals surface area contributed by atoms with Crippen LogP contribution in [0.2, 0.25) is 0 Å². The number of nitrogens with zero attached hydrogens (tertiary/aromatic N) is 4. The first-order chi connectivity index (χ1) is 46.4. The molecule has 31 nitrogen and oxygen atoms in total. The van der Waals surface area contributed by atoms with Gasteiger partial charge in [-0.05, 0) is 107 Å². The van der Waals surface area contributed by atoms with Crippen molar-refractivity contribution in [2.45, 2.75) is 177 Å². The van der Waals surface area contributed by atoms with Gasteiger partial charge < -0.3 is 96.0 Å². The largest absolute Gasteiger partial charge is 0.504 e. The van der Waals surface area contributed by atoms with E-state index in [4.69, 9.17) is 29.2 Å². The second kappa shape index (κ2) is 35.8. The number of aliphatic hydroxyl groups excluding tert-OH is 6. The molecule has 7 amide bonds. The fraction of sp³-hybridized carbons (Fsp3) is 0.569. The van der Waals surface area contributed by atoms with Gasteiger partial charge in [0.1, 0.15) is 47.7 Å². The average Bonchev–Trinajstić information content (AvgIpc) is 1.69. The zero-order valence-electron chi connectivity index (χ0n) is 54.5. The minimum atomic E-state index is -2.11. The van der Waals surface area contributed by atoms with Crippen LogP contribution in [-0.4, -0.2) is 240 Å². The molecule has 8 rings (SSSR count). The first-order valence-electron chi connectivity index (χ1n) is 32.6. The number of benzene rings is 3. The molecule has 532 valence electrons. The van der Waals surface area contributed by atoms with Gasteiger partial charge in [0.05, 0.1) is 55.4 Å². The molecule has 4 fully saturated rings. The molecule has 3 aromatic carbocycles. The maximum Gasteiger partial charge on any atom is 0.261 e. The zero-order chi connectivity index (χ0) is 70.0. The SMILES string of the molecule is C[C@@H]1CN(CCCCCCCCOc2ccc(-c3cc(-c4ccc(C(=O)N[C@H]5C[C@H](O)CNC(=O)[C@@H]6[C@@H](O)[C@H](C)CN6C(=O)[C@H]([C@H](O)CCN)NC(=O)[C@H]([C@H](O)Cc6ccc(O)c(OSOOO)c6)NC(=O)[C@@H]6C[C@H](O)CN6C(=O)[C@H]([C@H](C)O)NC5=O)cc4)no3)cc2)C[C@H](C)O1. The number of hydrogen-bond donors (Lipinski definition) is 14. The fourth-order valence-corrected chi connectivity index (χ4v) is 12.8. The third-order valence-corrected chi connectivity index (χ3v) is 17.9. The first kappa shape index (κ1) is 75.2. The van der Waals surface area contributed by atoms with Gasteiger partial charge in [-0.1, -0.05) is 65.3 Å². The maximum atomic E-state index is 14.7. The summed E-state index contributed by atoms with van der Waals surface area (Å²) >= 11 is 0.0802. The van der Waals surface area contributed by atoms with Gasteiger partial charge in [0.25, 0.3) is 18.2 Å². The average molecular weight is 1380 g/mol. The predicted molar refractivity (Wildman–Crippen MR) is 347 cm³/mol. The molecule has 15 N–H and O–H groups in total. The molecular weight excluding hydrogens is 1290 g/mol. The van der Waals surface area contributed by atoms with E-state index in [1.807, 2.05) is 24.3 Å². The summed E-state index contributed by atoms with van der Waals surface area (Å²) in [7, 11) is 0. The Morgan fingerprint density at radius 2 is 1.40 bits per heavy atom. The minimum Gasteiger partial charge on any atom is -0.504 e. The molecule has 0 aliphatic carbocycles. The Kier molecular flexibility index (Phi) is 27.7. The summed E-state index contributed by atoms with van der Waals surface area (Å²) in [6.45, 7) is 8.79. The van der Waals surface area contributed by atoms with Gasteiger partial charge in [0.15, 0.2) is 17.3 Å². The highest BCUT2D eigenvalue weighted by Crippen LogP contribution is 2.33.